The molecule has 1 aromatic carbocycles. The van der Waals surface area contributed by atoms with Gasteiger partial charge in [-0.25, -0.2) is 9.67 Å². The lowest BCUT2D eigenvalue weighted by molar-refractivity contribution is 0.386. The summed E-state index contributed by atoms with van der Waals surface area (Å²) in [5, 5.41) is 4.60. The highest BCUT2D eigenvalue weighted by Crippen LogP contribution is 2.22. The van der Waals surface area contributed by atoms with E-state index in [1.165, 1.54) is 12.0 Å². The van der Waals surface area contributed by atoms with Gasteiger partial charge in [0.05, 0.1) is 0 Å². The second-order valence-corrected chi connectivity index (χ2v) is 5.04. The topological polar surface area (TPSA) is 30.7 Å². The molecule has 0 spiro atoms. The fraction of sp³-hybridized carbons (Fsp3) is 0.429. The summed E-state index contributed by atoms with van der Waals surface area (Å²) < 4.78 is 2.07. The van der Waals surface area contributed by atoms with Crippen LogP contribution in [0.25, 0.3) is 11.4 Å². The minimum atomic E-state index is 0.733. The molecule has 0 aliphatic carbocycles. The van der Waals surface area contributed by atoms with Crippen LogP contribution in [0.15, 0.2) is 24.3 Å². The first-order valence-electron chi connectivity index (χ1n) is 6.23. The summed E-state index contributed by atoms with van der Waals surface area (Å²) in [7, 11) is 0. The third-order valence-corrected chi connectivity index (χ3v) is 3.39. The zero-order valence-corrected chi connectivity index (χ0v) is 10.3. The predicted octanol–water partition coefficient (Wildman–Crippen LogP) is 2.84. The molecule has 0 fully saturated rings. The molecule has 1 aliphatic heterocycles. The van der Waals surface area contributed by atoms with Crippen LogP contribution in [-0.4, -0.2) is 14.8 Å². The summed E-state index contributed by atoms with van der Waals surface area (Å²) >= 11 is 0. The first-order chi connectivity index (χ1) is 8.22. The van der Waals surface area contributed by atoms with Gasteiger partial charge in [0.2, 0.25) is 0 Å². The Morgan fingerprint density at radius 2 is 2.24 bits per heavy atom. The maximum absolute atomic E-state index is 4.66. The molecule has 1 aromatic heterocycles. The van der Waals surface area contributed by atoms with E-state index in [-0.39, 0.29) is 0 Å². The van der Waals surface area contributed by atoms with Crippen LogP contribution in [0.3, 0.4) is 0 Å². The lowest BCUT2D eigenvalue weighted by Gasteiger charge is -2.17. The Balaban J connectivity index is 2.00. The van der Waals surface area contributed by atoms with Crippen LogP contribution < -0.4 is 0 Å². The maximum atomic E-state index is 4.66. The molecule has 0 saturated heterocycles. The summed E-state index contributed by atoms with van der Waals surface area (Å²) in [6.07, 6.45) is 2.27. The van der Waals surface area contributed by atoms with E-state index in [2.05, 4.69) is 52.9 Å². The van der Waals surface area contributed by atoms with E-state index < -0.39 is 0 Å². The number of nitrogens with zero attached hydrogens (tertiary/aromatic N) is 3. The monoisotopic (exact) mass is 227 g/mol. The van der Waals surface area contributed by atoms with Gasteiger partial charge in [0.1, 0.15) is 5.82 Å². The van der Waals surface area contributed by atoms with Crippen LogP contribution in [0, 0.1) is 12.8 Å². The second-order valence-electron chi connectivity index (χ2n) is 5.04. The summed E-state index contributed by atoms with van der Waals surface area (Å²) in [5.74, 6) is 2.75. The van der Waals surface area contributed by atoms with Crippen molar-refractivity contribution in [3.8, 4) is 11.4 Å². The Bertz CT molecular complexity index is 542. The minimum Gasteiger partial charge on any atom is -0.249 e. The van der Waals surface area contributed by atoms with Crippen molar-refractivity contribution >= 4 is 0 Å². The Morgan fingerprint density at radius 3 is 3.06 bits per heavy atom. The van der Waals surface area contributed by atoms with E-state index in [1.54, 1.807) is 0 Å². The van der Waals surface area contributed by atoms with Gasteiger partial charge in [0.25, 0.3) is 0 Å². The van der Waals surface area contributed by atoms with E-state index >= 15 is 0 Å². The molecular weight excluding hydrogens is 210 g/mol. The van der Waals surface area contributed by atoms with Crippen molar-refractivity contribution in [3.05, 3.63) is 35.7 Å². The Labute approximate surface area is 101 Å². The largest absolute Gasteiger partial charge is 0.249 e. The number of rotatable bonds is 1. The van der Waals surface area contributed by atoms with Crippen LogP contribution in [0.1, 0.15) is 24.7 Å². The average molecular weight is 227 g/mol. The normalized spacial score (nSPS) is 19.1. The van der Waals surface area contributed by atoms with Gasteiger partial charge in [-0.3, -0.25) is 0 Å². The van der Waals surface area contributed by atoms with Gasteiger partial charge in [0.15, 0.2) is 5.82 Å². The molecule has 1 atom stereocenters. The number of aryl methyl sites for hydroxylation is 2. The summed E-state index contributed by atoms with van der Waals surface area (Å²) in [4.78, 5) is 4.66. The third kappa shape index (κ3) is 1.97. The third-order valence-electron chi connectivity index (χ3n) is 3.39. The van der Waals surface area contributed by atoms with E-state index in [0.29, 0.717) is 0 Å². The maximum Gasteiger partial charge on any atom is 0.181 e. The summed E-state index contributed by atoms with van der Waals surface area (Å²) in [5.41, 5.74) is 2.38. The Hall–Kier alpha value is -1.64. The van der Waals surface area contributed by atoms with Crippen molar-refractivity contribution in [3.63, 3.8) is 0 Å². The van der Waals surface area contributed by atoms with Crippen LogP contribution >= 0.6 is 0 Å². The van der Waals surface area contributed by atoms with Gasteiger partial charge in [-0.15, -0.1) is 0 Å². The van der Waals surface area contributed by atoms with Gasteiger partial charge in [-0.2, -0.15) is 5.10 Å². The van der Waals surface area contributed by atoms with Crippen molar-refractivity contribution in [1.82, 2.24) is 14.8 Å². The highest BCUT2D eigenvalue weighted by Gasteiger charge is 2.19. The molecule has 88 valence electrons. The Kier molecular flexibility index (Phi) is 2.46. The zero-order valence-electron chi connectivity index (χ0n) is 10.3. The number of aromatic nitrogens is 3. The average Bonchev–Trinajstić information content (AvgIpc) is 2.72. The fourth-order valence-corrected chi connectivity index (χ4v) is 2.37. The van der Waals surface area contributed by atoms with E-state index in [1.807, 2.05) is 0 Å². The quantitative estimate of drug-likeness (QED) is 0.750. The predicted molar refractivity (Wildman–Crippen MR) is 67.7 cm³/mol. The van der Waals surface area contributed by atoms with Gasteiger partial charge >= 0.3 is 0 Å². The molecule has 3 heteroatoms. The molecule has 0 radical (unpaired) electrons. The summed E-state index contributed by atoms with van der Waals surface area (Å²) in [6, 6.07) is 8.39. The van der Waals surface area contributed by atoms with Crippen LogP contribution in [0.4, 0.5) is 0 Å². The standard InChI is InChI=1S/C14H17N3/c1-10-4-3-5-12(8-10)14-15-13-9-11(2)6-7-17(13)16-14/h3-5,8,11H,6-7,9H2,1-2H3. The van der Waals surface area contributed by atoms with E-state index in [9.17, 15) is 0 Å². The first kappa shape index (κ1) is 10.5. The van der Waals surface area contributed by atoms with Crippen molar-refractivity contribution < 1.29 is 0 Å². The molecule has 1 aliphatic rings. The van der Waals surface area contributed by atoms with Crippen molar-refractivity contribution in [2.24, 2.45) is 5.92 Å². The highest BCUT2D eigenvalue weighted by molar-refractivity contribution is 5.55. The van der Waals surface area contributed by atoms with Crippen LogP contribution in [-0.2, 0) is 13.0 Å². The lowest BCUT2D eigenvalue weighted by atomic mass is 10.0. The number of hydrogen-bond acceptors (Lipinski definition) is 2. The smallest absolute Gasteiger partial charge is 0.181 e. The molecular formula is C14H17N3. The molecule has 1 unspecified atom stereocenters. The minimum absolute atomic E-state index is 0.733. The molecule has 3 rings (SSSR count). The first-order valence-corrected chi connectivity index (χ1v) is 6.23. The van der Waals surface area contributed by atoms with E-state index in [0.717, 1.165) is 36.1 Å². The summed E-state index contributed by atoms with van der Waals surface area (Å²) in [6.45, 7) is 5.39. The molecule has 0 amide bonds. The molecule has 2 heterocycles. The van der Waals surface area contributed by atoms with Gasteiger partial charge < -0.3 is 0 Å². The van der Waals surface area contributed by atoms with E-state index in [4.69, 9.17) is 0 Å². The molecule has 0 bridgehead atoms. The number of benzene rings is 1. The number of hydrogen-bond donors (Lipinski definition) is 0. The highest BCUT2D eigenvalue weighted by atomic mass is 15.3. The van der Waals surface area contributed by atoms with Gasteiger partial charge in [-0.05, 0) is 25.3 Å². The van der Waals surface area contributed by atoms with Crippen molar-refractivity contribution in [2.75, 3.05) is 0 Å². The fourth-order valence-electron chi connectivity index (χ4n) is 2.37. The molecule has 17 heavy (non-hydrogen) atoms. The molecule has 3 nitrogen and oxygen atoms in total. The lowest BCUT2D eigenvalue weighted by Crippen LogP contribution is -2.18. The van der Waals surface area contributed by atoms with Gasteiger partial charge in [-0.1, -0.05) is 30.7 Å². The number of fused-ring (bicyclic) bond motifs is 1. The molecule has 2 aromatic rings. The SMILES string of the molecule is Cc1cccc(-c2nc3n(n2)CCC(C)C3)c1. The van der Waals surface area contributed by atoms with Crippen molar-refractivity contribution in [2.45, 2.75) is 33.2 Å². The van der Waals surface area contributed by atoms with Crippen LogP contribution in [0.5, 0.6) is 0 Å². The Morgan fingerprint density at radius 1 is 1.35 bits per heavy atom. The van der Waals surface area contributed by atoms with Crippen LogP contribution in [0.2, 0.25) is 0 Å². The van der Waals surface area contributed by atoms with Gasteiger partial charge in [0, 0.05) is 18.5 Å². The molecule has 0 saturated carbocycles. The zero-order chi connectivity index (χ0) is 11.8. The molecule has 0 N–H and O–H groups in total. The van der Waals surface area contributed by atoms with Crippen molar-refractivity contribution in [1.29, 1.82) is 0 Å². The second kappa shape index (κ2) is 3.99.